The van der Waals surface area contributed by atoms with E-state index in [1.807, 2.05) is 0 Å². The predicted octanol–water partition coefficient (Wildman–Crippen LogP) is 3.03. The first-order valence-corrected chi connectivity index (χ1v) is 10.7. The van der Waals surface area contributed by atoms with Crippen molar-refractivity contribution in [3.8, 4) is 0 Å². The van der Waals surface area contributed by atoms with Crippen molar-refractivity contribution in [2.75, 3.05) is 5.32 Å². The first-order chi connectivity index (χ1) is 14.0. The summed E-state index contributed by atoms with van der Waals surface area (Å²) in [6.07, 6.45) is 9.42. The van der Waals surface area contributed by atoms with Crippen molar-refractivity contribution in [2.45, 2.75) is 57.8 Å². The van der Waals surface area contributed by atoms with Crippen molar-refractivity contribution >= 4 is 40.7 Å². The minimum Gasteiger partial charge on any atom is -0.326 e. The second kappa shape index (κ2) is 10.3. The number of hydrazine groups is 1. The summed E-state index contributed by atoms with van der Waals surface area (Å²) in [7, 11) is 0. The molecule has 1 aromatic carbocycles. The van der Waals surface area contributed by atoms with Crippen molar-refractivity contribution in [1.29, 1.82) is 0 Å². The molecule has 29 heavy (non-hydrogen) atoms. The van der Waals surface area contributed by atoms with Crippen molar-refractivity contribution in [3.63, 3.8) is 0 Å². The summed E-state index contributed by atoms with van der Waals surface area (Å²) in [5.41, 5.74) is 6.09. The summed E-state index contributed by atoms with van der Waals surface area (Å²) < 4.78 is 0. The lowest BCUT2D eigenvalue weighted by Gasteiger charge is -2.21. The molecule has 0 aliphatic heterocycles. The van der Waals surface area contributed by atoms with Crippen LogP contribution in [0.3, 0.4) is 0 Å². The Bertz CT molecular complexity index is 756. The molecule has 0 aromatic heterocycles. The SMILES string of the molecule is O=C(CCC1CCCCC1)NC(=S)NNC(=O)c1ccc(NC(=O)C2CC2)cc1. The maximum Gasteiger partial charge on any atom is 0.269 e. The summed E-state index contributed by atoms with van der Waals surface area (Å²) in [5, 5.41) is 5.49. The number of thiocarbonyl (C=S) groups is 1. The highest BCUT2D eigenvalue weighted by Crippen LogP contribution is 2.30. The minimum absolute atomic E-state index is 0.0217. The van der Waals surface area contributed by atoms with Gasteiger partial charge in [-0.2, -0.15) is 0 Å². The third-order valence-corrected chi connectivity index (χ3v) is 5.61. The fraction of sp³-hybridized carbons (Fsp3) is 0.524. The molecule has 0 atom stereocenters. The maximum atomic E-state index is 12.2. The van der Waals surface area contributed by atoms with E-state index in [1.165, 1.54) is 32.1 Å². The van der Waals surface area contributed by atoms with E-state index < -0.39 is 0 Å². The Morgan fingerprint density at radius 3 is 2.28 bits per heavy atom. The zero-order valence-electron chi connectivity index (χ0n) is 16.5. The third-order valence-electron chi connectivity index (χ3n) is 5.41. The third kappa shape index (κ3) is 7.12. The van der Waals surface area contributed by atoms with E-state index in [4.69, 9.17) is 12.2 Å². The van der Waals surface area contributed by atoms with E-state index in [0.29, 0.717) is 23.6 Å². The van der Waals surface area contributed by atoms with E-state index in [2.05, 4.69) is 21.5 Å². The molecule has 0 heterocycles. The monoisotopic (exact) mass is 416 g/mol. The minimum atomic E-state index is -0.385. The van der Waals surface area contributed by atoms with Crippen molar-refractivity contribution in [1.82, 2.24) is 16.2 Å². The number of benzene rings is 1. The molecule has 0 saturated heterocycles. The maximum absolute atomic E-state index is 12.2. The summed E-state index contributed by atoms with van der Waals surface area (Å²) in [6.45, 7) is 0. The van der Waals surface area contributed by atoms with E-state index in [1.54, 1.807) is 24.3 Å². The molecule has 1 aromatic rings. The average Bonchev–Trinajstić information content (AvgIpc) is 3.57. The van der Waals surface area contributed by atoms with Crippen LogP contribution < -0.4 is 21.5 Å². The fourth-order valence-electron chi connectivity index (χ4n) is 3.51. The van der Waals surface area contributed by atoms with Gasteiger partial charge in [-0.3, -0.25) is 25.2 Å². The highest BCUT2D eigenvalue weighted by Gasteiger charge is 2.29. The number of amides is 3. The van der Waals surface area contributed by atoms with Crippen LogP contribution in [0.15, 0.2) is 24.3 Å². The Morgan fingerprint density at radius 1 is 0.931 bits per heavy atom. The van der Waals surface area contributed by atoms with Gasteiger partial charge in [-0.15, -0.1) is 0 Å². The molecule has 156 valence electrons. The Kier molecular flexibility index (Phi) is 7.57. The van der Waals surface area contributed by atoms with Crippen LogP contribution in [-0.2, 0) is 9.59 Å². The van der Waals surface area contributed by atoms with Gasteiger partial charge in [0, 0.05) is 23.6 Å². The smallest absolute Gasteiger partial charge is 0.269 e. The largest absolute Gasteiger partial charge is 0.326 e. The van der Waals surface area contributed by atoms with E-state index >= 15 is 0 Å². The molecule has 0 bridgehead atoms. The molecule has 0 unspecified atom stereocenters. The molecule has 0 radical (unpaired) electrons. The van der Waals surface area contributed by atoms with Crippen LogP contribution in [0.2, 0.25) is 0 Å². The second-order valence-electron chi connectivity index (χ2n) is 7.84. The first kappa shape index (κ1) is 21.2. The molecule has 2 fully saturated rings. The molecule has 3 amide bonds. The summed E-state index contributed by atoms with van der Waals surface area (Å²) in [6, 6.07) is 6.59. The number of rotatable bonds is 6. The van der Waals surface area contributed by atoms with Crippen LogP contribution in [0.25, 0.3) is 0 Å². The molecule has 4 N–H and O–H groups in total. The summed E-state index contributed by atoms with van der Waals surface area (Å²) in [4.78, 5) is 35.9. The van der Waals surface area contributed by atoms with Gasteiger partial charge >= 0.3 is 0 Å². The molecule has 3 rings (SSSR count). The molecule has 8 heteroatoms. The molecule has 2 aliphatic carbocycles. The highest BCUT2D eigenvalue weighted by atomic mass is 32.1. The van der Waals surface area contributed by atoms with Gasteiger partial charge in [0.25, 0.3) is 5.91 Å². The number of carbonyl (C=O) groups excluding carboxylic acids is 3. The normalized spacial score (nSPS) is 16.6. The van der Waals surface area contributed by atoms with Crippen molar-refractivity contribution < 1.29 is 14.4 Å². The number of nitrogens with one attached hydrogen (secondary N) is 4. The lowest BCUT2D eigenvalue weighted by atomic mass is 9.86. The second-order valence-corrected chi connectivity index (χ2v) is 8.25. The molecule has 7 nitrogen and oxygen atoms in total. The van der Waals surface area contributed by atoms with E-state index in [-0.39, 0.29) is 28.8 Å². The highest BCUT2D eigenvalue weighted by molar-refractivity contribution is 7.80. The molecule has 2 aliphatic rings. The number of carbonyl (C=O) groups is 3. The van der Waals surface area contributed by atoms with Crippen molar-refractivity contribution in [3.05, 3.63) is 29.8 Å². The Morgan fingerprint density at radius 2 is 1.62 bits per heavy atom. The van der Waals surface area contributed by atoms with Gasteiger partial charge in [0.1, 0.15) is 0 Å². The number of hydrogen-bond acceptors (Lipinski definition) is 4. The van der Waals surface area contributed by atoms with Gasteiger partial charge < -0.3 is 10.6 Å². The lowest BCUT2D eigenvalue weighted by Crippen LogP contribution is -2.48. The lowest BCUT2D eigenvalue weighted by molar-refractivity contribution is -0.120. The Balaban J connectivity index is 1.34. The predicted molar refractivity (Wildman–Crippen MR) is 115 cm³/mol. The number of hydrogen-bond donors (Lipinski definition) is 4. The quantitative estimate of drug-likeness (QED) is 0.422. The standard InChI is InChI=1S/C21H28N4O3S/c26-18(13-6-14-4-2-1-3-5-14)23-21(29)25-24-20(28)16-9-11-17(12-10-16)22-19(27)15-7-8-15/h9-12,14-15H,1-8,13H2,(H,22,27)(H,24,28)(H2,23,25,26,29). The topological polar surface area (TPSA) is 99.3 Å². The molecule has 2 saturated carbocycles. The van der Waals surface area contributed by atoms with Crippen LogP contribution in [-0.4, -0.2) is 22.8 Å². The van der Waals surface area contributed by atoms with Gasteiger partial charge in [-0.05, 0) is 61.7 Å². The van der Waals surface area contributed by atoms with Gasteiger partial charge in [-0.25, -0.2) is 0 Å². The van der Waals surface area contributed by atoms with Crippen LogP contribution >= 0.6 is 12.2 Å². The summed E-state index contributed by atoms with van der Waals surface area (Å²) >= 11 is 5.06. The molecule has 0 spiro atoms. The molecular weight excluding hydrogens is 388 g/mol. The van der Waals surface area contributed by atoms with Crippen molar-refractivity contribution in [2.24, 2.45) is 11.8 Å². The van der Waals surface area contributed by atoms with Crippen LogP contribution in [0.1, 0.15) is 68.1 Å². The van der Waals surface area contributed by atoms with Gasteiger partial charge in [0.2, 0.25) is 11.8 Å². The Hall–Kier alpha value is -2.48. The molecular formula is C21H28N4O3S. The fourth-order valence-corrected chi connectivity index (χ4v) is 3.68. The van der Waals surface area contributed by atoms with Crippen LogP contribution in [0, 0.1) is 11.8 Å². The van der Waals surface area contributed by atoms with Gasteiger partial charge in [0.05, 0.1) is 0 Å². The van der Waals surface area contributed by atoms with Crippen LogP contribution in [0.4, 0.5) is 5.69 Å². The zero-order chi connectivity index (χ0) is 20.6. The van der Waals surface area contributed by atoms with Gasteiger partial charge in [-0.1, -0.05) is 32.1 Å². The van der Waals surface area contributed by atoms with Crippen LogP contribution in [0.5, 0.6) is 0 Å². The summed E-state index contributed by atoms with van der Waals surface area (Å²) in [5.74, 6) is 0.254. The number of anilines is 1. The zero-order valence-corrected chi connectivity index (χ0v) is 17.3. The van der Waals surface area contributed by atoms with E-state index in [9.17, 15) is 14.4 Å². The van der Waals surface area contributed by atoms with E-state index in [0.717, 1.165) is 19.3 Å². The van der Waals surface area contributed by atoms with Gasteiger partial charge in [0.15, 0.2) is 5.11 Å². The average molecular weight is 417 g/mol. The first-order valence-electron chi connectivity index (χ1n) is 10.3. The Labute approximate surface area is 176 Å².